The van der Waals surface area contributed by atoms with Gasteiger partial charge in [0.1, 0.15) is 12.0 Å². The Morgan fingerprint density at radius 3 is 2.75 bits per heavy atom. The summed E-state index contributed by atoms with van der Waals surface area (Å²) in [6.45, 7) is 8.74. The van der Waals surface area contributed by atoms with E-state index in [9.17, 15) is 0 Å². The van der Waals surface area contributed by atoms with E-state index in [0.717, 1.165) is 39.3 Å². The van der Waals surface area contributed by atoms with E-state index in [1.165, 1.54) is 6.33 Å². The Balaban J connectivity index is 1.80. The van der Waals surface area contributed by atoms with Crippen LogP contribution in [0.25, 0.3) is 0 Å². The van der Waals surface area contributed by atoms with Crippen molar-refractivity contribution in [3.05, 3.63) is 6.33 Å². The minimum atomic E-state index is 0.449. The molecule has 1 aromatic rings. The van der Waals surface area contributed by atoms with Gasteiger partial charge in [0.25, 0.3) is 0 Å². The number of nitrogens with two attached hydrogens (primary N) is 1. The fourth-order valence-corrected chi connectivity index (χ4v) is 2.18. The van der Waals surface area contributed by atoms with E-state index in [2.05, 4.69) is 32.1 Å². The van der Waals surface area contributed by atoms with E-state index in [-0.39, 0.29) is 0 Å². The van der Waals surface area contributed by atoms with E-state index < -0.39 is 0 Å². The van der Waals surface area contributed by atoms with Gasteiger partial charge < -0.3 is 20.7 Å². The molecule has 0 spiro atoms. The van der Waals surface area contributed by atoms with E-state index in [1.807, 2.05) is 6.92 Å². The largest absolute Gasteiger partial charge is 0.476 e. The maximum Gasteiger partial charge on any atom is 0.242 e. The van der Waals surface area contributed by atoms with Gasteiger partial charge in [0, 0.05) is 39.3 Å². The first-order valence-corrected chi connectivity index (χ1v) is 7.08. The number of aromatic nitrogens is 2. The van der Waals surface area contributed by atoms with Crippen molar-refractivity contribution in [3.8, 4) is 5.88 Å². The summed E-state index contributed by atoms with van der Waals surface area (Å²) in [6.07, 6.45) is 1.47. The molecule has 0 atom stereocenters. The fraction of sp³-hybridized carbons (Fsp3) is 0.692. The first-order chi connectivity index (χ1) is 9.70. The maximum atomic E-state index is 5.97. The lowest BCUT2D eigenvalue weighted by Gasteiger charge is -2.32. The summed E-state index contributed by atoms with van der Waals surface area (Å²) >= 11 is 0. The van der Waals surface area contributed by atoms with Crippen LogP contribution in [0.5, 0.6) is 5.88 Å². The molecule has 1 saturated heterocycles. The number of hydrogen-bond donors (Lipinski definition) is 2. The summed E-state index contributed by atoms with van der Waals surface area (Å²) in [5.74, 6) is 1.10. The molecular formula is C13H24N6O. The first kappa shape index (κ1) is 14.8. The highest BCUT2D eigenvalue weighted by Crippen LogP contribution is 2.24. The number of ether oxygens (including phenoxy) is 1. The molecule has 1 aliphatic heterocycles. The number of likely N-dealkylation sites (N-methyl/N-ethyl adjacent to an activating group) is 1. The fourth-order valence-electron chi connectivity index (χ4n) is 2.18. The molecule has 2 heterocycles. The third-order valence-electron chi connectivity index (χ3n) is 3.44. The number of nitrogen functional groups attached to an aromatic ring is 1. The van der Waals surface area contributed by atoms with Crippen LogP contribution in [-0.4, -0.2) is 72.7 Å². The molecule has 0 saturated carbocycles. The predicted molar refractivity (Wildman–Crippen MR) is 80.0 cm³/mol. The van der Waals surface area contributed by atoms with Crippen LogP contribution in [0.4, 0.5) is 11.5 Å². The van der Waals surface area contributed by atoms with Crippen LogP contribution in [0, 0.1) is 0 Å². The zero-order valence-corrected chi connectivity index (χ0v) is 12.3. The van der Waals surface area contributed by atoms with Gasteiger partial charge in [0.15, 0.2) is 5.82 Å². The van der Waals surface area contributed by atoms with E-state index in [0.29, 0.717) is 24.0 Å². The summed E-state index contributed by atoms with van der Waals surface area (Å²) in [5.41, 5.74) is 6.45. The summed E-state index contributed by atoms with van der Waals surface area (Å²) in [7, 11) is 2.16. The third-order valence-corrected chi connectivity index (χ3v) is 3.44. The molecule has 112 valence electrons. The first-order valence-electron chi connectivity index (χ1n) is 7.08. The minimum Gasteiger partial charge on any atom is -0.476 e. The Morgan fingerprint density at radius 1 is 1.30 bits per heavy atom. The van der Waals surface area contributed by atoms with Crippen molar-refractivity contribution >= 4 is 11.5 Å². The minimum absolute atomic E-state index is 0.449. The van der Waals surface area contributed by atoms with Crippen molar-refractivity contribution in [2.75, 3.05) is 64.0 Å². The Hall–Kier alpha value is -1.60. The van der Waals surface area contributed by atoms with Crippen molar-refractivity contribution in [3.63, 3.8) is 0 Å². The number of nitrogens with zero attached hydrogens (tertiary/aromatic N) is 4. The van der Waals surface area contributed by atoms with E-state index >= 15 is 0 Å². The van der Waals surface area contributed by atoms with Gasteiger partial charge in [-0.25, -0.2) is 4.98 Å². The summed E-state index contributed by atoms with van der Waals surface area (Å²) in [4.78, 5) is 13.0. The predicted octanol–water partition coefficient (Wildman–Crippen LogP) is 0.117. The lowest BCUT2D eigenvalue weighted by Crippen LogP contribution is -2.45. The highest BCUT2D eigenvalue weighted by Gasteiger charge is 2.13. The second-order valence-corrected chi connectivity index (χ2v) is 4.95. The second kappa shape index (κ2) is 7.25. The van der Waals surface area contributed by atoms with Gasteiger partial charge in [-0.3, -0.25) is 4.90 Å². The molecule has 0 aromatic carbocycles. The molecule has 0 amide bonds. The zero-order valence-electron chi connectivity index (χ0n) is 12.3. The van der Waals surface area contributed by atoms with Crippen LogP contribution in [0.15, 0.2) is 6.33 Å². The number of anilines is 2. The number of rotatable bonds is 6. The van der Waals surface area contributed by atoms with Crippen molar-refractivity contribution < 1.29 is 4.74 Å². The van der Waals surface area contributed by atoms with Gasteiger partial charge in [-0.05, 0) is 14.0 Å². The lowest BCUT2D eigenvalue weighted by molar-refractivity contribution is 0.158. The van der Waals surface area contributed by atoms with Gasteiger partial charge in [-0.2, -0.15) is 4.98 Å². The summed E-state index contributed by atoms with van der Waals surface area (Å²) < 4.78 is 5.35. The SMILES string of the molecule is CCOc1ncnc(NCCN2CCN(C)CC2)c1N. The standard InChI is InChI=1S/C13H24N6O/c1-3-20-13-11(14)12(16-10-17-13)15-4-5-19-8-6-18(2)7-9-19/h10H,3-9,14H2,1-2H3,(H,15,16,17). The van der Waals surface area contributed by atoms with Crippen LogP contribution < -0.4 is 15.8 Å². The molecule has 7 nitrogen and oxygen atoms in total. The molecule has 3 N–H and O–H groups in total. The topological polar surface area (TPSA) is 79.5 Å². The van der Waals surface area contributed by atoms with Crippen LogP contribution in [0.1, 0.15) is 6.92 Å². The smallest absolute Gasteiger partial charge is 0.242 e. The molecule has 0 aliphatic carbocycles. The van der Waals surface area contributed by atoms with Gasteiger partial charge in [-0.15, -0.1) is 0 Å². The molecule has 0 bridgehead atoms. The molecular weight excluding hydrogens is 256 g/mol. The molecule has 1 aromatic heterocycles. The monoisotopic (exact) mass is 280 g/mol. The van der Waals surface area contributed by atoms with Gasteiger partial charge in [-0.1, -0.05) is 0 Å². The number of hydrogen-bond acceptors (Lipinski definition) is 7. The lowest BCUT2D eigenvalue weighted by atomic mass is 10.3. The van der Waals surface area contributed by atoms with E-state index in [4.69, 9.17) is 10.5 Å². The van der Waals surface area contributed by atoms with Crippen LogP contribution in [0.3, 0.4) is 0 Å². The van der Waals surface area contributed by atoms with Crippen LogP contribution in [0.2, 0.25) is 0 Å². The van der Waals surface area contributed by atoms with Crippen LogP contribution in [-0.2, 0) is 0 Å². The van der Waals surface area contributed by atoms with Crippen LogP contribution >= 0.6 is 0 Å². The summed E-state index contributed by atoms with van der Waals surface area (Å²) in [6, 6.07) is 0. The highest BCUT2D eigenvalue weighted by molar-refractivity contribution is 5.66. The summed E-state index contributed by atoms with van der Waals surface area (Å²) in [5, 5.41) is 3.26. The normalized spacial score (nSPS) is 17.1. The Bertz CT molecular complexity index is 419. The molecule has 7 heteroatoms. The van der Waals surface area contributed by atoms with Crippen molar-refractivity contribution in [1.29, 1.82) is 0 Å². The molecule has 20 heavy (non-hydrogen) atoms. The van der Waals surface area contributed by atoms with Gasteiger partial charge in [0.2, 0.25) is 5.88 Å². The molecule has 1 fully saturated rings. The van der Waals surface area contributed by atoms with Crippen molar-refractivity contribution in [2.45, 2.75) is 6.92 Å². The number of piperazine rings is 1. The third kappa shape index (κ3) is 3.94. The Labute approximate surface area is 120 Å². The zero-order chi connectivity index (χ0) is 14.4. The average molecular weight is 280 g/mol. The van der Waals surface area contributed by atoms with Gasteiger partial charge >= 0.3 is 0 Å². The second-order valence-electron chi connectivity index (χ2n) is 4.95. The van der Waals surface area contributed by atoms with Crippen molar-refractivity contribution in [1.82, 2.24) is 19.8 Å². The Kier molecular flexibility index (Phi) is 5.37. The quantitative estimate of drug-likeness (QED) is 0.766. The average Bonchev–Trinajstić information content (AvgIpc) is 2.45. The Morgan fingerprint density at radius 2 is 2.05 bits per heavy atom. The van der Waals surface area contributed by atoms with E-state index in [1.54, 1.807) is 0 Å². The molecule has 1 aliphatic rings. The van der Waals surface area contributed by atoms with Crippen molar-refractivity contribution in [2.24, 2.45) is 0 Å². The van der Waals surface area contributed by atoms with Gasteiger partial charge in [0.05, 0.1) is 6.61 Å². The highest BCUT2D eigenvalue weighted by atomic mass is 16.5. The maximum absolute atomic E-state index is 5.97. The molecule has 0 unspecified atom stereocenters. The molecule has 0 radical (unpaired) electrons. The molecule has 2 rings (SSSR count). The number of nitrogens with one attached hydrogen (secondary N) is 1.